The van der Waals surface area contributed by atoms with Gasteiger partial charge in [-0.15, -0.1) is 0 Å². The van der Waals surface area contributed by atoms with Gasteiger partial charge in [-0.2, -0.15) is 0 Å². The fourth-order valence-electron chi connectivity index (χ4n) is 2.79. The second-order valence-electron chi connectivity index (χ2n) is 4.14. The molecule has 1 heteroatoms. The molecule has 0 bridgehead atoms. The molecule has 15 heavy (non-hydrogen) atoms. The normalized spacial score (nSPS) is 28.5. The minimum absolute atomic E-state index is 0.0312. The number of aliphatic imine (C=N–C) groups is 1. The molecule has 4 rings (SSSR count). The van der Waals surface area contributed by atoms with Crippen molar-refractivity contribution in [2.75, 3.05) is 0 Å². The molecule has 3 aliphatic rings. The molecule has 2 aliphatic carbocycles. The molecule has 1 aliphatic heterocycles. The first kappa shape index (κ1) is 7.41. The second-order valence-corrected chi connectivity index (χ2v) is 4.14. The fraction of sp³-hybridized carbons (Fsp3) is 0.0714. The highest BCUT2D eigenvalue weighted by Gasteiger charge is 2.46. The quantitative estimate of drug-likeness (QED) is 0.597. The zero-order chi connectivity index (χ0) is 9.88. The van der Waals surface area contributed by atoms with Gasteiger partial charge in [0.15, 0.2) is 0 Å². The average molecular weight is 191 g/mol. The smallest absolute Gasteiger partial charge is 0.0828 e. The maximum Gasteiger partial charge on any atom is 0.0828 e. The third-order valence-electron chi connectivity index (χ3n) is 3.47. The average Bonchev–Trinajstić information content (AvgIpc) is 2.87. The van der Waals surface area contributed by atoms with E-state index in [0.29, 0.717) is 0 Å². The number of para-hydroxylation sites is 1. The van der Waals surface area contributed by atoms with Gasteiger partial charge in [0.25, 0.3) is 0 Å². The van der Waals surface area contributed by atoms with Crippen LogP contribution in [-0.4, -0.2) is 5.71 Å². The molecule has 0 saturated heterocycles. The highest BCUT2D eigenvalue weighted by atomic mass is 14.8. The van der Waals surface area contributed by atoms with Crippen molar-refractivity contribution >= 4 is 11.4 Å². The van der Waals surface area contributed by atoms with Crippen molar-refractivity contribution in [2.45, 2.75) is 5.41 Å². The van der Waals surface area contributed by atoms with Gasteiger partial charge in [-0.05, 0) is 23.3 Å². The molecule has 0 radical (unpaired) electrons. The molecule has 0 saturated carbocycles. The Labute approximate surface area is 88.2 Å². The monoisotopic (exact) mass is 191 g/mol. The van der Waals surface area contributed by atoms with E-state index < -0.39 is 0 Å². The Morgan fingerprint density at radius 3 is 3.00 bits per heavy atom. The lowest BCUT2D eigenvalue weighted by atomic mass is 9.77. The van der Waals surface area contributed by atoms with E-state index in [2.05, 4.69) is 53.6 Å². The molecule has 1 spiro atoms. The molecule has 0 fully saturated rings. The van der Waals surface area contributed by atoms with E-state index in [1.54, 1.807) is 0 Å². The maximum atomic E-state index is 4.68. The lowest BCUT2D eigenvalue weighted by Gasteiger charge is -2.22. The van der Waals surface area contributed by atoms with Crippen LogP contribution in [0.2, 0.25) is 0 Å². The second kappa shape index (κ2) is 2.19. The number of nitrogens with zero attached hydrogens (tertiary/aromatic N) is 1. The Morgan fingerprint density at radius 2 is 2.00 bits per heavy atom. The molecular weight excluding hydrogens is 182 g/mol. The highest BCUT2D eigenvalue weighted by molar-refractivity contribution is 6.16. The summed E-state index contributed by atoms with van der Waals surface area (Å²) in [5, 5.41) is 0. The van der Waals surface area contributed by atoms with Gasteiger partial charge in [0.2, 0.25) is 0 Å². The summed E-state index contributed by atoms with van der Waals surface area (Å²) >= 11 is 0. The predicted octanol–water partition coefficient (Wildman–Crippen LogP) is 3.08. The Morgan fingerprint density at radius 1 is 1.07 bits per heavy atom. The van der Waals surface area contributed by atoms with Crippen LogP contribution in [-0.2, 0) is 5.41 Å². The van der Waals surface area contributed by atoms with Gasteiger partial charge >= 0.3 is 0 Å². The van der Waals surface area contributed by atoms with E-state index in [0.717, 1.165) is 5.69 Å². The SMILES string of the molecule is C1=CC23C(=C1)C=CC2=Nc1ccccc13. The van der Waals surface area contributed by atoms with Gasteiger partial charge in [-0.1, -0.05) is 42.5 Å². The summed E-state index contributed by atoms with van der Waals surface area (Å²) in [6.45, 7) is 0. The molecule has 0 amide bonds. The molecule has 1 aromatic rings. The Bertz CT molecular complexity index is 587. The van der Waals surface area contributed by atoms with Crippen LogP contribution in [0.5, 0.6) is 0 Å². The summed E-state index contributed by atoms with van der Waals surface area (Å²) in [6.07, 6.45) is 10.9. The van der Waals surface area contributed by atoms with Gasteiger partial charge < -0.3 is 0 Å². The zero-order valence-corrected chi connectivity index (χ0v) is 8.14. The van der Waals surface area contributed by atoms with Gasteiger partial charge in [-0.25, -0.2) is 0 Å². The van der Waals surface area contributed by atoms with Crippen molar-refractivity contribution in [3.63, 3.8) is 0 Å². The standard InChI is InChI=1S/C14H9N/c1-2-6-12-11(5-1)14-9-3-4-10(14)7-8-13(14)15-12/h1-9H. The Hall–Kier alpha value is -1.89. The van der Waals surface area contributed by atoms with Crippen molar-refractivity contribution in [1.29, 1.82) is 0 Å². The minimum atomic E-state index is -0.0312. The summed E-state index contributed by atoms with van der Waals surface area (Å²) < 4.78 is 0. The highest BCUT2D eigenvalue weighted by Crippen LogP contribution is 2.51. The number of hydrogen-bond donors (Lipinski definition) is 0. The summed E-state index contributed by atoms with van der Waals surface area (Å²) in [4.78, 5) is 4.68. The van der Waals surface area contributed by atoms with Crippen LogP contribution in [0.3, 0.4) is 0 Å². The van der Waals surface area contributed by atoms with Gasteiger partial charge in [0, 0.05) is 0 Å². The van der Waals surface area contributed by atoms with Gasteiger partial charge in [-0.3, -0.25) is 4.99 Å². The molecular formula is C14H9N. The van der Waals surface area contributed by atoms with Crippen LogP contribution in [0.1, 0.15) is 5.56 Å². The van der Waals surface area contributed by atoms with E-state index in [1.165, 1.54) is 16.8 Å². The molecule has 1 aromatic carbocycles. The van der Waals surface area contributed by atoms with Crippen molar-refractivity contribution in [2.24, 2.45) is 4.99 Å². The van der Waals surface area contributed by atoms with Crippen LogP contribution in [0.4, 0.5) is 5.69 Å². The lowest BCUT2D eigenvalue weighted by Crippen LogP contribution is -2.25. The zero-order valence-electron chi connectivity index (χ0n) is 8.14. The number of benzene rings is 1. The Kier molecular flexibility index (Phi) is 1.08. The number of hydrogen-bond acceptors (Lipinski definition) is 1. The third kappa shape index (κ3) is 0.666. The summed E-state index contributed by atoms with van der Waals surface area (Å²) in [5.74, 6) is 0. The van der Waals surface area contributed by atoms with E-state index in [-0.39, 0.29) is 5.41 Å². The third-order valence-corrected chi connectivity index (χ3v) is 3.47. The fourth-order valence-corrected chi connectivity index (χ4v) is 2.79. The van der Waals surface area contributed by atoms with Crippen molar-refractivity contribution < 1.29 is 0 Å². The summed E-state index contributed by atoms with van der Waals surface area (Å²) in [6, 6.07) is 8.41. The Balaban J connectivity index is 2.13. The van der Waals surface area contributed by atoms with Crippen LogP contribution in [0, 0.1) is 0 Å². The number of rotatable bonds is 0. The first-order valence-corrected chi connectivity index (χ1v) is 5.18. The van der Waals surface area contributed by atoms with Crippen LogP contribution >= 0.6 is 0 Å². The van der Waals surface area contributed by atoms with Crippen molar-refractivity contribution in [3.05, 3.63) is 65.8 Å². The largest absolute Gasteiger partial charge is 0.251 e. The van der Waals surface area contributed by atoms with Crippen molar-refractivity contribution in [1.82, 2.24) is 0 Å². The van der Waals surface area contributed by atoms with E-state index >= 15 is 0 Å². The molecule has 1 nitrogen and oxygen atoms in total. The van der Waals surface area contributed by atoms with Crippen LogP contribution in [0.25, 0.3) is 0 Å². The van der Waals surface area contributed by atoms with E-state index in [1.807, 2.05) is 6.07 Å². The summed E-state index contributed by atoms with van der Waals surface area (Å²) in [5.41, 5.74) is 4.94. The molecule has 1 heterocycles. The predicted molar refractivity (Wildman–Crippen MR) is 61.6 cm³/mol. The minimum Gasteiger partial charge on any atom is -0.251 e. The van der Waals surface area contributed by atoms with Gasteiger partial charge in [0.05, 0.1) is 16.8 Å². The first-order chi connectivity index (χ1) is 7.41. The molecule has 70 valence electrons. The first-order valence-electron chi connectivity index (χ1n) is 5.18. The number of allylic oxidation sites excluding steroid dienone is 6. The summed E-state index contributed by atoms with van der Waals surface area (Å²) in [7, 11) is 0. The molecule has 1 unspecified atom stereocenters. The van der Waals surface area contributed by atoms with Crippen molar-refractivity contribution in [3.8, 4) is 0 Å². The molecule has 0 aromatic heterocycles. The van der Waals surface area contributed by atoms with E-state index in [9.17, 15) is 0 Å². The van der Waals surface area contributed by atoms with E-state index in [4.69, 9.17) is 0 Å². The van der Waals surface area contributed by atoms with Crippen LogP contribution < -0.4 is 0 Å². The molecule has 1 atom stereocenters. The topological polar surface area (TPSA) is 12.4 Å². The van der Waals surface area contributed by atoms with Gasteiger partial charge in [0.1, 0.15) is 0 Å². The maximum absolute atomic E-state index is 4.68. The van der Waals surface area contributed by atoms with Crippen LogP contribution in [0.15, 0.2) is 65.2 Å². The molecule has 0 N–H and O–H groups in total. The lowest BCUT2D eigenvalue weighted by molar-refractivity contribution is 0.932. The number of fused-ring (bicyclic) bond motifs is 1.